The second kappa shape index (κ2) is 3.84. The summed E-state index contributed by atoms with van der Waals surface area (Å²) in [7, 11) is 1.34. The number of aromatic nitrogens is 2. The van der Waals surface area contributed by atoms with Gasteiger partial charge in [0.2, 0.25) is 0 Å². The lowest BCUT2D eigenvalue weighted by Gasteiger charge is -2.12. The fourth-order valence-corrected chi connectivity index (χ4v) is 1.78. The van der Waals surface area contributed by atoms with Crippen LogP contribution >= 0.6 is 0 Å². The topological polar surface area (TPSA) is 61.2 Å². The Morgan fingerprint density at radius 2 is 2.40 bits per heavy atom. The van der Waals surface area contributed by atoms with E-state index < -0.39 is 0 Å². The smallest absolute Gasteiger partial charge is 0.327 e. The molecule has 5 nitrogen and oxygen atoms in total. The Bertz CT molecular complexity index is 409. The van der Waals surface area contributed by atoms with Gasteiger partial charge in [-0.05, 0) is 12.8 Å². The first kappa shape index (κ1) is 9.89. The Balaban J connectivity index is 2.27. The molecule has 0 saturated heterocycles. The molecule has 80 valence electrons. The third-order valence-electron chi connectivity index (χ3n) is 2.57. The average molecular weight is 208 g/mol. The second-order valence-electron chi connectivity index (χ2n) is 3.52. The molecule has 0 unspecified atom stereocenters. The summed E-state index contributed by atoms with van der Waals surface area (Å²) in [6.07, 6.45) is 3.76. The molecule has 0 saturated carbocycles. The van der Waals surface area contributed by atoms with Gasteiger partial charge >= 0.3 is 5.97 Å². The van der Waals surface area contributed by atoms with E-state index in [4.69, 9.17) is 0 Å². The zero-order chi connectivity index (χ0) is 10.8. The van der Waals surface area contributed by atoms with Crippen LogP contribution in [0.3, 0.4) is 0 Å². The van der Waals surface area contributed by atoms with Gasteiger partial charge in [0.05, 0.1) is 18.9 Å². The highest BCUT2D eigenvalue weighted by Gasteiger charge is 2.22. The maximum absolute atomic E-state index is 11.5. The SMILES string of the molecule is COC(=O)Cn1ncc2c1CCCC2=O. The predicted molar refractivity (Wildman–Crippen MR) is 51.5 cm³/mol. The molecule has 15 heavy (non-hydrogen) atoms. The Hall–Kier alpha value is -1.65. The number of ether oxygens (including phenoxy) is 1. The van der Waals surface area contributed by atoms with Gasteiger partial charge in [0.15, 0.2) is 5.78 Å². The summed E-state index contributed by atoms with van der Waals surface area (Å²) in [6.45, 7) is 0.0825. The molecule has 0 amide bonds. The molecule has 1 heterocycles. The Morgan fingerprint density at radius 3 is 3.13 bits per heavy atom. The Kier molecular flexibility index (Phi) is 2.53. The first-order chi connectivity index (χ1) is 7.22. The molecule has 0 N–H and O–H groups in total. The highest BCUT2D eigenvalue weighted by molar-refractivity contribution is 5.97. The molecule has 1 aromatic heterocycles. The van der Waals surface area contributed by atoms with E-state index in [2.05, 4.69) is 9.84 Å². The van der Waals surface area contributed by atoms with E-state index in [0.717, 1.165) is 18.5 Å². The molecule has 1 aliphatic rings. The minimum absolute atomic E-state index is 0.0825. The molecule has 5 heteroatoms. The fourth-order valence-electron chi connectivity index (χ4n) is 1.78. The van der Waals surface area contributed by atoms with Crippen LogP contribution in [-0.4, -0.2) is 28.6 Å². The summed E-state index contributed by atoms with van der Waals surface area (Å²) >= 11 is 0. The zero-order valence-corrected chi connectivity index (χ0v) is 8.52. The third-order valence-corrected chi connectivity index (χ3v) is 2.57. The van der Waals surface area contributed by atoms with Crippen molar-refractivity contribution in [3.05, 3.63) is 17.5 Å². The largest absolute Gasteiger partial charge is 0.468 e. The molecule has 0 atom stereocenters. The summed E-state index contributed by atoms with van der Waals surface area (Å²) in [4.78, 5) is 22.6. The van der Waals surface area contributed by atoms with Gasteiger partial charge < -0.3 is 4.74 Å². The lowest BCUT2D eigenvalue weighted by molar-refractivity contribution is -0.141. The molecule has 1 aromatic rings. The number of hydrogen-bond donors (Lipinski definition) is 0. The van der Waals surface area contributed by atoms with Crippen LogP contribution in [0.1, 0.15) is 28.9 Å². The van der Waals surface area contributed by atoms with Crippen LogP contribution in [0.2, 0.25) is 0 Å². The summed E-state index contributed by atoms with van der Waals surface area (Å²) < 4.78 is 6.11. The predicted octanol–water partition coefficient (Wildman–Crippen LogP) is 0.575. The summed E-state index contributed by atoms with van der Waals surface area (Å²) in [6, 6.07) is 0. The van der Waals surface area contributed by atoms with Crippen molar-refractivity contribution in [1.82, 2.24) is 9.78 Å². The van der Waals surface area contributed by atoms with Gasteiger partial charge in [-0.25, -0.2) is 0 Å². The van der Waals surface area contributed by atoms with Gasteiger partial charge in [-0.1, -0.05) is 0 Å². The summed E-state index contributed by atoms with van der Waals surface area (Å²) in [5, 5.41) is 4.03. The molecule has 0 bridgehead atoms. The first-order valence-corrected chi connectivity index (χ1v) is 4.87. The maximum Gasteiger partial charge on any atom is 0.327 e. The number of esters is 1. The maximum atomic E-state index is 11.5. The van der Waals surface area contributed by atoms with Crippen LogP contribution in [0.5, 0.6) is 0 Å². The van der Waals surface area contributed by atoms with Crippen molar-refractivity contribution < 1.29 is 14.3 Å². The number of methoxy groups -OCH3 is 1. The van der Waals surface area contributed by atoms with E-state index >= 15 is 0 Å². The van der Waals surface area contributed by atoms with Crippen molar-refractivity contribution in [3.63, 3.8) is 0 Å². The van der Waals surface area contributed by atoms with Crippen molar-refractivity contribution >= 4 is 11.8 Å². The fraction of sp³-hybridized carbons (Fsp3) is 0.500. The number of fused-ring (bicyclic) bond motifs is 1. The van der Waals surface area contributed by atoms with Crippen LogP contribution in [0.15, 0.2) is 6.20 Å². The highest BCUT2D eigenvalue weighted by Crippen LogP contribution is 2.20. The van der Waals surface area contributed by atoms with E-state index in [1.54, 1.807) is 10.9 Å². The van der Waals surface area contributed by atoms with Crippen molar-refractivity contribution in [2.75, 3.05) is 7.11 Å². The number of carbonyl (C=O) groups excluding carboxylic acids is 2. The van der Waals surface area contributed by atoms with Gasteiger partial charge in [0.25, 0.3) is 0 Å². The quantitative estimate of drug-likeness (QED) is 0.667. The van der Waals surface area contributed by atoms with E-state index in [1.165, 1.54) is 7.11 Å². The molecular formula is C10H12N2O3. The Labute approximate surface area is 87.0 Å². The van der Waals surface area contributed by atoms with E-state index in [0.29, 0.717) is 12.0 Å². The minimum atomic E-state index is -0.348. The van der Waals surface area contributed by atoms with Crippen LogP contribution in [0, 0.1) is 0 Å². The van der Waals surface area contributed by atoms with Crippen LogP contribution in [0.25, 0.3) is 0 Å². The third kappa shape index (κ3) is 1.77. The Morgan fingerprint density at radius 1 is 1.60 bits per heavy atom. The number of Topliss-reactive ketones (excluding diaryl/α,β-unsaturated/α-hetero) is 1. The standard InChI is InChI=1S/C10H12N2O3/c1-15-10(14)6-12-8-3-2-4-9(13)7(8)5-11-12/h5H,2-4,6H2,1H3. The normalized spacial score (nSPS) is 14.9. The minimum Gasteiger partial charge on any atom is -0.468 e. The molecule has 0 spiro atoms. The second-order valence-corrected chi connectivity index (χ2v) is 3.52. The molecule has 2 rings (SSSR count). The van der Waals surface area contributed by atoms with Crippen LogP contribution in [-0.2, 0) is 22.5 Å². The number of nitrogens with zero attached hydrogens (tertiary/aromatic N) is 2. The molecular weight excluding hydrogens is 196 g/mol. The van der Waals surface area contributed by atoms with Gasteiger partial charge in [0, 0.05) is 12.1 Å². The van der Waals surface area contributed by atoms with Crippen LogP contribution < -0.4 is 0 Å². The zero-order valence-electron chi connectivity index (χ0n) is 8.52. The van der Waals surface area contributed by atoms with Crippen LogP contribution in [0.4, 0.5) is 0 Å². The van der Waals surface area contributed by atoms with Crippen molar-refractivity contribution in [1.29, 1.82) is 0 Å². The van der Waals surface area contributed by atoms with E-state index in [-0.39, 0.29) is 18.3 Å². The lowest BCUT2D eigenvalue weighted by Crippen LogP contribution is -2.18. The molecule has 0 aliphatic heterocycles. The van der Waals surface area contributed by atoms with E-state index in [1.807, 2.05) is 0 Å². The van der Waals surface area contributed by atoms with Gasteiger partial charge in [-0.15, -0.1) is 0 Å². The molecule has 1 aliphatic carbocycles. The summed E-state index contributed by atoms with van der Waals surface area (Å²) in [5.41, 5.74) is 1.52. The van der Waals surface area contributed by atoms with Crippen molar-refractivity contribution in [3.8, 4) is 0 Å². The first-order valence-electron chi connectivity index (χ1n) is 4.87. The highest BCUT2D eigenvalue weighted by atomic mass is 16.5. The molecule has 0 fully saturated rings. The van der Waals surface area contributed by atoms with Gasteiger partial charge in [-0.3, -0.25) is 14.3 Å². The molecule has 0 radical (unpaired) electrons. The van der Waals surface area contributed by atoms with Gasteiger partial charge in [0.1, 0.15) is 6.54 Å². The lowest BCUT2D eigenvalue weighted by atomic mass is 9.97. The van der Waals surface area contributed by atoms with Crippen molar-refractivity contribution in [2.24, 2.45) is 0 Å². The number of ketones is 1. The van der Waals surface area contributed by atoms with Crippen molar-refractivity contribution in [2.45, 2.75) is 25.8 Å². The number of hydrogen-bond acceptors (Lipinski definition) is 4. The number of carbonyl (C=O) groups is 2. The van der Waals surface area contributed by atoms with E-state index in [9.17, 15) is 9.59 Å². The molecule has 0 aromatic carbocycles. The summed E-state index contributed by atoms with van der Waals surface area (Å²) in [5.74, 6) is -0.230. The monoisotopic (exact) mass is 208 g/mol. The average Bonchev–Trinajstić information content (AvgIpc) is 2.63. The number of rotatable bonds is 2. The van der Waals surface area contributed by atoms with Gasteiger partial charge in [-0.2, -0.15) is 5.10 Å².